The topological polar surface area (TPSA) is 40.5 Å². The van der Waals surface area contributed by atoms with Crippen molar-refractivity contribution in [2.45, 2.75) is 72.5 Å². The molecule has 0 amide bonds. The van der Waals surface area contributed by atoms with Gasteiger partial charge in [-0.25, -0.2) is 0 Å². The minimum Gasteiger partial charge on any atom is -0.385 e. The maximum Gasteiger partial charge on any atom is 0.125 e. The number of aliphatic hydroxyl groups excluding tert-OH is 1. The van der Waals surface area contributed by atoms with E-state index in [1.165, 1.54) is 11.1 Å². The van der Waals surface area contributed by atoms with E-state index in [1.54, 1.807) is 0 Å². The second-order valence-corrected chi connectivity index (χ2v) is 9.21. The van der Waals surface area contributed by atoms with Crippen molar-refractivity contribution in [3.05, 3.63) is 52.6 Å². The summed E-state index contributed by atoms with van der Waals surface area (Å²) in [4.78, 5) is 0. The van der Waals surface area contributed by atoms with Crippen LogP contribution in [0.4, 0.5) is 0 Å². The van der Waals surface area contributed by atoms with Gasteiger partial charge in [0, 0.05) is 0 Å². The molecule has 0 heterocycles. The van der Waals surface area contributed by atoms with Gasteiger partial charge in [-0.15, -0.1) is 0 Å². The van der Waals surface area contributed by atoms with Crippen molar-refractivity contribution < 1.29 is 10.2 Å². The molecule has 2 N–H and O–H groups in total. The van der Waals surface area contributed by atoms with Crippen LogP contribution in [0.25, 0.3) is 5.57 Å². The van der Waals surface area contributed by atoms with Gasteiger partial charge in [-0.3, -0.25) is 0 Å². The second-order valence-electron chi connectivity index (χ2n) is 9.21. The molecule has 0 bridgehead atoms. The van der Waals surface area contributed by atoms with Gasteiger partial charge in [-0.2, -0.15) is 0 Å². The van der Waals surface area contributed by atoms with E-state index < -0.39 is 17.1 Å². The quantitative estimate of drug-likeness (QED) is 0.779. The molecule has 0 saturated heterocycles. The summed E-state index contributed by atoms with van der Waals surface area (Å²) in [5.41, 5.74) is 3.12. The van der Waals surface area contributed by atoms with E-state index in [2.05, 4.69) is 45.9 Å². The summed E-state index contributed by atoms with van der Waals surface area (Å²) in [5, 5.41) is 22.5. The van der Waals surface area contributed by atoms with E-state index in [0.717, 1.165) is 16.7 Å². The lowest BCUT2D eigenvalue weighted by Gasteiger charge is -2.48. The van der Waals surface area contributed by atoms with Crippen LogP contribution in [0.15, 0.2) is 35.9 Å². The van der Waals surface area contributed by atoms with Crippen LogP contribution >= 0.6 is 0 Å². The van der Waals surface area contributed by atoms with Crippen LogP contribution in [0, 0.1) is 12.3 Å². The van der Waals surface area contributed by atoms with Crippen molar-refractivity contribution in [1.29, 1.82) is 0 Å². The van der Waals surface area contributed by atoms with Gasteiger partial charge in [0.15, 0.2) is 0 Å². The molecule has 2 unspecified atom stereocenters. The van der Waals surface area contributed by atoms with Crippen molar-refractivity contribution in [3.8, 4) is 0 Å². The summed E-state index contributed by atoms with van der Waals surface area (Å²) in [5.74, 6) is 0. The number of benzene rings is 1. The Morgan fingerprint density at radius 2 is 1.54 bits per heavy atom. The van der Waals surface area contributed by atoms with Crippen LogP contribution in [-0.4, -0.2) is 21.9 Å². The third kappa shape index (κ3) is 2.98. The summed E-state index contributed by atoms with van der Waals surface area (Å²) in [6.07, 6.45) is 2.99. The number of rotatable bonds is 1. The molecule has 1 aromatic rings. The Kier molecular flexibility index (Phi) is 4.62. The SMILES string of the molecule is CC1=CC=C(c2ccc(C)cc2C(C)(C)C)C(O)(C(C)(C)C)C1O. The summed E-state index contributed by atoms with van der Waals surface area (Å²) in [6, 6.07) is 6.35. The summed E-state index contributed by atoms with van der Waals surface area (Å²) >= 11 is 0. The molecule has 0 aromatic heterocycles. The number of aryl methyl sites for hydroxylation is 1. The lowest BCUT2D eigenvalue weighted by Crippen LogP contribution is -2.55. The Labute approximate surface area is 146 Å². The Morgan fingerprint density at radius 1 is 0.958 bits per heavy atom. The van der Waals surface area contributed by atoms with E-state index in [4.69, 9.17) is 0 Å². The first-order valence-corrected chi connectivity index (χ1v) is 8.71. The molecule has 132 valence electrons. The predicted octanol–water partition coefficient (Wildman–Crippen LogP) is 4.77. The molecular formula is C22H32O2. The highest BCUT2D eigenvalue weighted by molar-refractivity contribution is 5.79. The zero-order valence-electron chi connectivity index (χ0n) is 16.4. The molecule has 0 aliphatic heterocycles. The van der Waals surface area contributed by atoms with E-state index in [1.807, 2.05) is 39.8 Å². The normalized spacial score (nSPS) is 25.3. The van der Waals surface area contributed by atoms with Crippen molar-refractivity contribution >= 4 is 5.57 Å². The van der Waals surface area contributed by atoms with Crippen molar-refractivity contribution in [2.75, 3.05) is 0 Å². The number of hydrogen-bond donors (Lipinski definition) is 2. The number of hydrogen-bond acceptors (Lipinski definition) is 2. The van der Waals surface area contributed by atoms with Gasteiger partial charge >= 0.3 is 0 Å². The van der Waals surface area contributed by atoms with Crippen LogP contribution in [0.2, 0.25) is 0 Å². The summed E-state index contributed by atoms with van der Waals surface area (Å²) < 4.78 is 0. The van der Waals surface area contributed by atoms with Crippen LogP contribution < -0.4 is 0 Å². The molecule has 24 heavy (non-hydrogen) atoms. The lowest BCUT2D eigenvalue weighted by molar-refractivity contribution is -0.0841. The zero-order chi connectivity index (χ0) is 18.5. The van der Waals surface area contributed by atoms with Crippen LogP contribution in [-0.2, 0) is 5.41 Å². The molecule has 0 saturated carbocycles. The smallest absolute Gasteiger partial charge is 0.125 e. The molecule has 0 spiro atoms. The van der Waals surface area contributed by atoms with Crippen LogP contribution in [0.5, 0.6) is 0 Å². The first-order chi connectivity index (χ1) is 10.8. The van der Waals surface area contributed by atoms with Gasteiger partial charge in [-0.05, 0) is 47.0 Å². The van der Waals surface area contributed by atoms with Gasteiger partial charge in [0.2, 0.25) is 0 Å². The molecule has 0 radical (unpaired) electrons. The molecular weight excluding hydrogens is 296 g/mol. The average Bonchev–Trinajstić information content (AvgIpc) is 2.43. The fourth-order valence-corrected chi connectivity index (χ4v) is 3.53. The second kappa shape index (κ2) is 5.86. The van der Waals surface area contributed by atoms with E-state index in [0.29, 0.717) is 0 Å². The number of allylic oxidation sites excluding steroid dienone is 2. The minimum absolute atomic E-state index is 0.0534. The minimum atomic E-state index is -1.33. The molecule has 2 rings (SSSR count). The van der Waals surface area contributed by atoms with Gasteiger partial charge in [0.25, 0.3) is 0 Å². The van der Waals surface area contributed by atoms with E-state index in [-0.39, 0.29) is 5.41 Å². The van der Waals surface area contributed by atoms with Gasteiger partial charge in [0.05, 0.1) is 0 Å². The van der Waals surface area contributed by atoms with Crippen molar-refractivity contribution in [1.82, 2.24) is 0 Å². The highest BCUT2D eigenvalue weighted by atomic mass is 16.3. The molecule has 1 aromatic carbocycles. The third-order valence-electron chi connectivity index (χ3n) is 5.17. The Bertz CT molecular complexity index is 696. The molecule has 1 aliphatic rings. The standard InChI is InChI=1S/C22H32O2/c1-14-9-11-16(18(13-14)20(3,4)5)17-12-10-15(2)19(23)22(17,24)21(6,7)8/h9-13,19,23-24H,1-8H3. The monoisotopic (exact) mass is 328 g/mol. The molecule has 2 nitrogen and oxygen atoms in total. The van der Waals surface area contributed by atoms with Crippen LogP contribution in [0.3, 0.4) is 0 Å². The summed E-state index contributed by atoms with van der Waals surface area (Å²) in [7, 11) is 0. The van der Waals surface area contributed by atoms with E-state index >= 15 is 0 Å². The Hall–Kier alpha value is -1.38. The average molecular weight is 328 g/mol. The first-order valence-electron chi connectivity index (χ1n) is 8.71. The van der Waals surface area contributed by atoms with Crippen LogP contribution in [0.1, 0.15) is 65.2 Å². The number of aliphatic hydroxyl groups is 2. The summed E-state index contributed by atoms with van der Waals surface area (Å²) in [6.45, 7) is 16.4. The zero-order valence-corrected chi connectivity index (χ0v) is 16.4. The maximum absolute atomic E-state index is 11.7. The fourth-order valence-electron chi connectivity index (χ4n) is 3.53. The highest BCUT2D eigenvalue weighted by Gasteiger charge is 2.51. The van der Waals surface area contributed by atoms with Gasteiger partial charge in [0.1, 0.15) is 11.7 Å². The molecule has 1 aliphatic carbocycles. The van der Waals surface area contributed by atoms with Crippen molar-refractivity contribution in [2.24, 2.45) is 5.41 Å². The van der Waals surface area contributed by atoms with E-state index in [9.17, 15) is 10.2 Å². The molecule has 0 fully saturated rings. The van der Waals surface area contributed by atoms with Gasteiger partial charge in [-0.1, -0.05) is 77.5 Å². The van der Waals surface area contributed by atoms with Crippen molar-refractivity contribution in [3.63, 3.8) is 0 Å². The molecule has 2 heteroatoms. The lowest BCUT2D eigenvalue weighted by atomic mass is 9.62. The molecule has 2 atom stereocenters. The third-order valence-corrected chi connectivity index (χ3v) is 5.17. The Morgan fingerprint density at radius 3 is 2.04 bits per heavy atom. The first kappa shape index (κ1) is 19.0. The predicted molar refractivity (Wildman–Crippen MR) is 102 cm³/mol. The highest BCUT2D eigenvalue weighted by Crippen LogP contribution is 2.49. The Balaban J connectivity index is 2.79. The fraction of sp³-hybridized carbons (Fsp3) is 0.545. The largest absolute Gasteiger partial charge is 0.385 e. The van der Waals surface area contributed by atoms with Gasteiger partial charge < -0.3 is 10.2 Å². The maximum atomic E-state index is 11.7.